The minimum absolute atomic E-state index is 0.374. The average Bonchev–Trinajstić information content (AvgIpc) is 2.83. The van der Waals surface area contributed by atoms with Gasteiger partial charge in [0.15, 0.2) is 0 Å². The lowest BCUT2D eigenvalue weighted by Gasteiger charge is -2.26. The molecule has 0 saturated heterocycles. The number of hydrogen-bond acceptors (Lipinski definition) is 4. The summed E-state index contributed by atoms with van der Waals surface area (Å²) < 4.78 is 3.77. The molecule has 90 valence electrons. The van der Waals surface area contributed by atoms with Crippen molar-refractivity contribution < 1.29 is 0 Å². The van der Waals surface area contributed by atoms with Gasteiger partial charge in [0.2, 0.25) is 5.95 Å². The van der Waals surface area contributed by atoms with Crippen LogP contribution in [0.3, 0.4) is 0 Å². The van der Waals surface area contributed by atoms with Crippen LogP contribution in [0, 0.1) is 0 Å². The molecule has 1 aliphatic rings. The van der Waals surface area contributed by atoms with Crippen LogP contribution in [0.2, 0.25) is 0 Å². The molecule has 3 heterocycles. The van der Waals surface area contributed by atoms with E-state index < -0.39 is 0 Å². The zero-order chi connectivity index (χ0) is 12.0. The fraction of sp³-hybridized carbons (Fsp3) is 0.545. The molecule has 2 atom stereocenters. The van der Waals surface area contributed by atoms with Gasteiger partial charge in [0.05, 0.1) is 12.7 Å². The summed E-state index contributed by atoms with van der Waals surface area (Å²) in [4.78, 5) is 4.27. The van der Waals surface area contributed by atoms with Gasteiger partial charge in [0.1, 0.15) is 5.82 Å². The van der Waals surface area contributed by atoms with Gasteiger partial charge in [0, 0.05) is 25.1 Å². The molecule has 0 bridgehead atoms. The first-order chi connectivity index (χ1) is 8.13. The van der Waals surface area contributed by atoms with Crippen molar-refractivity contribution in [2.75, 3.05) is 5.73 Å². The van der Waals surface area contributed by atoms with E-state index in [0.717, 1.165) is 18.8 Å². The monoisotopic (exact) mass is 232 g/mol. The number of hydrogen-bond donors (Lipinski definition) is 1. The molecule has 0 aliphatic carbocycles. The van der Waals surface area contributed by atoms with E-state index in [1.165, 1.54) is 5.56 Å². The third-order valence-electron chi connectivity index (χ3n) is 3.39. The standard InChI is InChI=1S/C11H16N6/c1-7-3-8(9-4-13-16(2)5-9)6-17-10(7)14-11(12)15-17/h4-5,7-8H,3,6H2,1-2H3,(H2,12,15). The summed E-state index contributed by atoms with van der Waals surface area (Å²) in [6.45, 7) is 3.01. The van der Waals surface area contributed by atoms with Crippen molar-refractivity contribution in [2.45, 2.75) is 31.7 Å². The first kappa shape index (κ1) is 10.3. The van der Waals surface area contributed by atoms with E-state index in [1.807, 2.05) is 22.6 Å². The van der Waals surface area contributed by atoms with Crippen LogP contribution < -0.4 is 5.73 Å². The largest absolute Gasteiger partial charge is 0.366 e. The molecule has 3 rings (SSSR count). The highest BCUT2D eigenvalue weighted by Gasteiger charge is 2.28. The van der Waals surface area contributed by atoms with Gasteiger partial charge in [-0.2, -0.15) is 10.1 Å². The third-order valence-corrected chi connectivity index (χ3v) is 3.39. The van der Waals surface area contributed by atoms with E-state index in [1.54, 1.807) is 0 Å². The van der Waals surface area contributed by atoms with Crippen molar-refractivity contribution in [3.05, 3.63) is 23.8 Å². The fourth-order valence-electron chi connectivity index (χ4n) is 2.58. The van der Waals surface area contributed by atoms with Gasteiger partial charge in [-0.1, -0.05) is 6.92 Å². The topological polar surface area (TPSA) is 74.5 Å². The summed E-state index contributed by atoms with van der Waals surface area (Å²) in [7, 11) is 1.94. The van der Waals surface area contributed by atoms with Crippen molar-refractivity contribution in [1.29, 1.82) is 0 Å². The zero-order valence-corrected chi connectivity index (χ0v) is 10.0. The predicted octanol–water partition coefficient (Wildman–Crippen LogP) is 0.885. The second-order valence-corrected chi connectivity index (χ2v) is 4.79. The molecule has 6 nitrogen and oxygen atoms in total. The lowest BCUT2D eigenvalue weighted by molar-refractivity contribution is 0.382. The molecule has 17 heavy (non-hydrogen) atoms. The lowest BCUT2D eigenvalue weighted by atomic mass is 9.88. The summed E-state index contributed by atoms with van der Waals surface area (Å²) in [5, 5.41) is 8.47. The van der Waals surface area contributed by atoms with Crippen molar-refractivity contribution in [3.8, 4) is 0 Å². The van der Waals surface area contributed by atoms with E-state index in [-0.39, 0.29) is 0 Å². The van der Waals surface area contributed by atoms with Gasteiger partial charge in [-0.25, -0.2) is 4.68 Å². The van der Waals surface area contributed by atoms with Gasteiger partial charge < -0.3 is 5.73 Å². The Morgan fingerprint density at radius 1 is 1.47 bits per heavy atom. The van der Waals surface area contributed by atoms with Crippen LogP contribution in [0.25, 0.3) is 0 Å². The van der Waals surface area contributed by atoms with E-state index in [4.69, 9.17) is 5.73 Å². The number of fused-ring (bicyclic) bond motifs is 1. The van der Waals surface area contributed by atoms with Crippen molar-refractivity contribution in [2.24, 2.45) is 7.05 Å². The molecule has 0 amide bonds. The third kappa shape index (κ3) is 1.69. The van der Waals surface area contributed by atoms with Crippen molar-refractivity contribution in [3.63, 3.8) is 0 Å². The van der Waals surface area contributed by atoms with Crippen LogP contribution in [0.4, 0.5) is 5.95 Å². The molecule has 6 heteroatoms. The number of aryl methyl sites for hydroxylation is 1. The van der Waals surface area contributed by atoms with Gasteiger partial charge >= 0.3 is 0 Å². The number of nitrogen functional groups attached to an aromatic ring is 1. The summed E-state index contributed by atoms with van der Waals surface area (Å²) in [6.07, 6.45) is 5.08. The van der Waals surface area contributed by atoms with Crippen LogP contribution in [-0.2, 0) is 13.6 Å². The molecule has 1 aliphatic heterocycles. The molecule has 0 fully saturated rings. The van der Waals surface area contributed by atoms with Crippen LogP contribution in [-0.4, -0.2) is 24.5 Å². The molecule has 2 N–H and O–H groups in total. The second kappa shape index (κ2) is 3.58. The maximum Gasteiger partial charge on any atom is 0.239 e. The number of nitrogens with two attached hydrogens (primary N) is 1. The van der Waals surface area contributed by atoms with E-state index >= 15 is 0 Å². The Hall–Kier alpha value is -1.85. The predicted molar refractivity (Wildman–Crippen MR) is 63.4 cm³/mol. The normalized spacial score (nSPS) is 23.6. The van der Waals surface area contributed by atoms with Gasteiger partial charge in [-0.3, -0.25) is 4.68 Å². The van der Waals surface area contributed by atoms with Crippen LogP contribution in [0.15, 0.2) is 12.4 Å². The quantitative estimate of drug-likeness (QED) is 0.792. The summed E-state index contributed by atoms with van der Waals surface area (Å²) in [5.74, 6) is 2.22. The Morgan fingerprint density at radius 2 is 2.29 bits per heavy atom. The summed E-state index contributed by atoms with van der Waals surface area (Å²) in [6, 6.07) is 0. The first-order valence-corrected chi connectivity index (χ1v) is 5.82. The fourth-order valence-corrected chi connectivity index (χ4v) is 2.58. The van der Waals surface area contributed by atoms with E-state index in [0.29, 0.717) is 17.8 Å². The van der Waals surface area contributed by atoms with Crippen LogP contribution in [0.1, 0.15) is 36.6 Å². The van der Waals surface area contributed by atoms with E-state index in [9.17, 15) is 0 Å². The minimum atomic E-state index is 0.374. The van der Waals surface area contributed by atoms with Gasteiger partial charge in [-0.15, -0.1) is 5.10 Å². The number of aromatic nitrogens is 5. The van der Waals surface area contributed by atoms with Crippen molar-refractivity contribution in [1.82, 2.24) is 24.5 Å². The molecular formula is C11H16N6. The molecule has 0 aromatic carbocycles. The molecule has 0 saturated carbocycles. The molecule has 0 radical (unpaired) electrons. The maximum absolute atomic E-state index is 5.65. The molecule has 2 unspecified atom stereocenters. The molecule has 2 aromatic rings. The Bertz CT molecular complexity index is 540. The smallest absolute Gasteiger partial charge is 0.239 e. The zero-order valence-electron chi connectivity index (χ0n) is 10.0. The lowest BCUT2D eigenvalue weighted by Crippen LogP contribution is -2.22. The number of nitrogens with zero attached hydrogens (tertiary/aromatic N) is 5. The SMILES string of the molecule is CC1CC(c2cnn(C)c2)Cn2nc(N)nc21. The minimum Gasteiger partial charge on any atom is -0.366 e. The second-order valence-electron chi connectivity index (χ2n) is 4.79. The Morgan fingerprint density at radius 3 is 3.00 bits per heavy atom. The van der Waals surface area contributed by atoms with Crippen LogP contribution in [0.5, 0.6) is 0 Å². The highest BCUT2D eigenvalue weighted by molar-refractivity contribution is 5.20. The van der Waals surface area contributed by atoms with E-state index in [2.05, 4.69) is 28.3 Å². The number of anilines is 1. The Balaban J connectivity index is 1.93. The summed E-state index contributed by atoms with van der Waals surface area (Å²) in [5.41, 5.74) is 6.91. The maximum atomic E-state index is 5.65. The molecule has 2 aromatic heterocycles. The molecular weight excluding hydrogens is 216 g/mol. The van der Waals surface area contributed by atoms with Crippen LogP contribution >= 0.6 is 0 Å². The van der Waals surface area contributed by atoms with Gasteiger partial charge in [-0.05, 0) is 12.0 Å². The Labute approximate surface area is 99.4 Å². The van der Waals surface area contributed by atoms with Crippen molar-refractivity contribution >= 4 is 5.95 Å². The van der Waals surface area contributed by atoms with Gasteiger partial charge in [0.25, 0.3) is 0 Å². The molecule has 0 spiro atoms. The highest BCUT2D eigenvalue weighted by atomic mass is 15.4. The number of rotatable bonds is 1. The Kier molecular flexibility index (Phi) is 2.17. The average molecular weight is 232 g/mol. The highest BCUT2D eigenvalue weighted by Crippen LogP contribution is 2.34. The first-order valence-electron chi connectivity index (χ1n) is 5.82. The summed E-state index contributed by atoms with van der Waals surface area (Å²) >= 11 is 0.